The molecule has 0 fully saturated rings. The first-order chi connectivity index (χ1) is 6.24. The summed E-state index contributed by atoms with van der Waals surface area (Å²) in [5.41, 5.74) is 5.39. The summed E-state index contributed by atoms with van der Waals surface area (Å²) in [6.45, 7) is 0.723. The molecule has 13 heavy (non-hydrogen) atoms. The molecule has 6 heteroatoms. The van der Waals surface area contributed by atoms with E-state index >= 15 is 0 Å². The average molecular weight is 259 g/mol. The topological polar surface area (TPSA) is 56.7 Å². The van der Waals surface area contributed by atoms with E-state index in [4.69, 9.17) is 5.73 Å². The van der Waals surface area contributed by atoms with Crippen molar-refractivity contribution in [2.24, 2.45) is 0 Å². The SMILES string of the molecule is Nc1ncn(Cc2ccc(Br)s2)n1. The predicted octanol–water partition coefficient (Wildman–Crippen LogP) is 1.73. The number of nitrogen functional groups attached to an aromatic ring is 1. The standard InChI is InChI=1S/C7H7BrN4S/c8-6-2-1-5(13-6)3-12-4-10-7(9)11-12/h1-2,4H,3H2,(H2,9,11). The Hall–Kier alpha value is -0.880. The third-order valence-electron chi connectivity index (χ3n) is 1.50. The van der Waals surface area contributed by atoms with E-state index in [-0.39, 0.29) is 0 Å². The smallest absolute Gasteiger partial charge is 0.239 e. The van der Waals surface area contributed by atoms with Crippen LogP contribution in [0, 0.1) is 0 Å². The van der Waals surface area contributed by atoms with Crippen LogP contribution < -0.4 is 5.73 Å². The molecule has 0 atom stereocenters. The molecule has 4 nitrogen and oxygen atoms in total. The van der Waals surface area contributed by atoms with Gasteiger partial charge in [-0.05, 0) is 28.1 Å². The Morgan fingerprint density at radius 2 is 2.38 bits per heavy atom. The number of hydrogen-bond donors (Lipinski definition) is 1. The van der Waals surface area contributed by atoms with Crippen molar-refractivity contribution >= 4 is 33.2 Å². The summed E-state index contributed by atoms with van der Waals surface area (Å²) in [6, 6.07) is 4.06. The molecular weight excluding hydrogens is 252 g/mol. The molecule has 2 N–H and O–H groups in total. The van der Waals surface area contributed by atoms with Gasteiger partial charge in [0.25, 0.3) is 0 Å². The fraction of sp³-hybridized carbons (Fsp3) is 0.143. The molecule has 0 unspecified atom stereocenters. The monoisotopic (exact) mass is 258 g/mol. The summed E-state index contributed by atoms with van der Waals surface area (Å²) in [4.78, 5) is 5.06. The quantitative estimate of drug-likeness (QED) is 0.893. The highest BCUT2D eigenvalue weighted by molar-refractivity contribution is 9.11. The lowest BCUT2D eigenvalue weighted by molar-refractivity contribution is 0.695. The second-order valence-electron chi connectivity index (χ2n) is 2.51. The molecule has 0 amide bonds. The van der Waals surface area contributed by atoms with Gasteiger partial charge in [0, 0.05) is 4.88 Å². The van der Waals surface area contributed by atoms with E-state index < -0.39 is 0 Å². The van der Waals surface area contributed by atoms with Gasteiger partial charge in [-0.25, -0.2) is 9.67 Å². The maximum absolute atomic E-state index is 5.39. The van der Waals surface area contributed by atoms with Gasteiger partial charge in [-0.2, -0.15) is 0 Å². The van der Waals surface area contributed by atoms with Crippen LogP contribution in [0.15, 0.2) is 22.2 Å². The zero-order valence-electron chi connectivity index (χ0n) is 6.64. The van der Waals surface area contributed by atoms with Crippen molar-refractivity contribution in [3.63, 3.8) is 0 Å². The van der Waals surface area contributed by atoms with E-state index in [2.05, 4.69) is 26.0 Å². The lowest BCUT2D eigenvalue weighted by atomic mass is 10.5. The van der Waals surface area contributed by atoms with E-state index in [1.165, 1.54) is 4.88 Å². The zero-order chi connectivity index (χ0) is 9.26. The highest BCUT2D eigenvalue weighted by atomic mass is 79.9. The fourth-order valence-corrected chi connectivity index (χ4v) is 2.46. The van der Waals surface area contributed by atoms with Crippen molar-refractivity contribution in [3.8, 4) is 0 Å². The molecule has 0 saturated carbocycles. The summed E-state index contributed by atoms with van der Waals surface area (Å²) < 4.78 is 2.84. The minimum absolute atomic E-state index is 0.315. The van der Waals surface area contributed by atoms with Crippen molar-refractivity contribution in [1.82, 2.24) is 14.8 Å². The van der Waals surface area contributed by atoms with E-state index in [1.54, 1.807) is 22.3 Å². The Labute approximate surface area is 87.5 Å². The van der Waals surface area contributed by atoms with Crippen LogP contribution in [0.5, 0.6) is 0 Å². The lowest BCUT2D eigenvalue weighted by Gasteiger charge is -1.94. The molecule has 2 heterocycles. The minimum Gasteiger partial charge on any atom is -0.367 e. The van der Waals surface area contributed by atoms with Crippen LogP contribution in [0.4, 0.5) is 5.95 Å². The Morgan fingerprint density at radius 3 is 2.92 bits per heavy atom. The number of halogens is 1. The number of nitrogens with zero attached hydrogens (tertiary/aromatic N) is 3. The number of rotatable bonds is 2. The van der Waals surface area contributed by atoms with Crippen LogP contribution in [-0.4, -0.2) is 14.8 Å². The molecule has 0 bridgehead atoms. The molecule has 2 rings (SSSR count). The predicted molar refractivity (Wildman–Crippen MR) is 55.6 cm³/mol. The van der Waals surface area contributed by atoms with Gasteiger partial charge >= 0.3 is 0 Å². The maximum atomic E-state index is 5.39. The molecule has 2 aromatic heterocycles. The Kier molecular flexibility index (Phi) is 2.32. The van der Waals surface area contributed by atoms with Crippen LogP contribution in [0.1, 0.15) is 4.88 Å². The van der Waals surface area contributed by atoms with Gasteiger partial charge in [0.1, 0.15) is 6.33 Å². The molecule has 0 spiro atoms. The normalized spacial score (nSPS) is 10.5. The first kappa shape index (κ1) is 8.71. The van der Waals surface area contributed by atoms with E-state index in [0.29, 0.717) is 5.95 Å². The number of nitrogens with two attached hydrogens (primary N) is 1. The third kappa shape index (κ3) is 2.07. The minimum atomic E-state index is 0.315. The number of anilines is 1. The third-order valence-corrected chi connectivity index (χ3v) is 3.11. The van der Waals surface area contributed by atoms with Gasteiger partial charge in [-0.1, -0.05) is 0 Å². The molecule has 0 radical (unpaired) electrons. The Morgan fingerprint density at radius 1 is 1.54 bits per heavy atom. The van der Waals surface area contributed by atoms with Crippen molar-refractivity contribution in [2.45, 2.75) is 6.54 Å². The number of thiophene rings is 1. The average Bonchev–Trinajstić information content (AvgIpc) is 2.62. The van der Waals surface area contributed by atoms with Crippen LogP contribution in [0.2, 0.25) is 0 Å². The molecule has 2 aromatic rings. The maximum Gasteiger partial charge on any atom is 0.239 e. The van der Waals surface area contributed by atoms with Crippen LogP contribution in [-0.2, 0) is 6.54 Å². The van der Waals surface area contributed by atoms with Gasteiger partial charge in [0.15, 0.2) is 0 Å². The van der Waals surface area contributed by atoms with Crippen LogP contribution in [0.3, 0.4) is 0 Å². The zero-order valence-corrected chi connectivity index (χ0v) is 9.05. The Balaban J connectivity index is 2.14. The summed E-state index contributed by atoms with van der Waals surface area (Å²) >= 11 is 5.08. The van der Waals surface area contributed by atoms with Gasteiger partial charge in [-0.15, -0.1) is 16.4 Å². The van der Waals surface area contributed by atoms with Gasteiger partial charge in [0.05, 0.1) is 10.3 Å². The fourth-order valence-electron chi connectivity index (χ4n) is 0.982. The van der Waals surface area contributed by atoms with Gasteiger partial charge in [-0.3, -0.25) is 0 Å². The molecule has 0 aliphatic carbocycles. The lowest BCUT2D eigenvalue weighted by Crippen LogP contribution is -1.99. The largest absolute Gasteiger partial charge is 0.367 e. The van der Waals surface area contributed by atoms with Gasteiger partial charge < -0.3 is 5.73 Å². The molecule has 68 valence electrons. The molecular formula is C7H7BrN4S. The molecule has 0 aliphatic rings. The van der Waals surface area contributed by atoms with Gasteiger partial charge in [0.2, 0.25) is 5.95 Å². The second kappa shape index (κ2) is 3.47. The van der Waals surface area contributed by atoms with E-state index in [0.717, 1.165) is 10.3 Å². The highest BCUT2D eigenvalue weighted by Crippen LogP contribution is 2.22. The Bertz CT molecular complexity index is 370. The summed E-state index contributed by atoms with van der Waals surface area (Å²) in [7, 11) is 0. The summed E-state index contributed by atoms with van der Waals surface area (Å²) in [6.07, 6.45) is 1.63. The first-order valence-electron chi connectivity index (χ1n) is 3.63. The first-order valence-corrected chi connectivity index (χ1v) is 5.24. The molecule has 0 aromatic carbocycles. The molecule has 0 aliphatic heterocycles. The second-order valence-corrected chi connectivity index (χ2v) is 5.05. The van der Waals surface area contributed by atoms with Crippen molar-refractivity contribution in [3.05, 3.63) is 27.1 Å². The van der Waals surface area contributed by atoms with Crippen LogP contribution in [0.25, 0.3) is 0 Å². The highest BCUT2D eigenvalue weighted by Gasteiger charge is 2.00. The van der Waals surface area contributed by atoms with E-state index in [1.807, 2.05) is 12.1 Å². The van der Waals surface area contributed by atoms with E-state index in [9.17, 15) is 0 Å². The summed E-state index contributed by atoms with van der Waals surface area (Å²) in [5.74, 6) is 0.315. The number of aromatic nitrogens is 3. The van der Waals surface area contributed by atoms with Crippen molar-refractivity contribution in [2.75, 3.05) is 5.73 Å². The number of hydrogen-bond acceptors (Lipinski definition) is 4. The van der Waals surface area contributed by atoms with Crippen molar-refractivity contribution in [1.29, 1.82) is 0 Å². The van der Waals surface area contributed by atoms with Crippen LogP contribution >= 0.6 is 27.3 Å². The molecule has 0 saturated heterocycles. The van der Waals surface area contributed by atoms with Crippen molar-refractivity contribution < 1.29 is 0 Å². The summed E-state index contributed by atoms with van der Waals surface area (Å²) in [5, 5.41) is 3.99.